The third-order valence-corrected chi connectivity index (χ3v) is 5.48. The van der Waals surface area contributed by atoms with Gasteiger partial charge < -0.3 is 30.9 Å². The van der Waals surface area contributed by atoms with Crippen LogP contribution in [0.3, 0.4) is 0 Å². The number of aromatic nitrogens is 2. The molecule has 2 aromatic carbocycles. The van der Waals surface area contributed by atoms with Gasteiger partial charge in [-0.15, -0.1) is 0 Å². The maximum absolute atomic E-state index is 12.1. The van der Waals surface area contributed by atoms with Crippen molar-refractivity contribution in [1.29, 1.82) is 0 Å². The summed E-state index contributed by atoms with van der Waals surface area (Å²) in [7, 11) is 5.62. The van der Waals surface area contributed by atoms with Crippen molar-refractivity contribution in [2.75, 3.05) is 49.0 Å². The number of carbonyl (C=O) groups is 1. The van der Waals surface area contributed by atoms with Crippen LogP contribution in [0.5, 0.6) is 5.75 Å². The third kappa shape index (κ3) is 7.18. The third-order valence-electron chi connectivity index (χ3n) is 5.48. The van der Waals surface area contributed by atoms with Gasteiger partial charge in [-0.1, -0.05) is 24.3 Å². The van der Waals surface area contributed by atoms with Crippen LogP contribution < -0.4 is 26.0 Å². The van der Waals surface area contributed by atoms with Gasteiger partial charge in [0.05, 0.1) is 24.2 Å². The number of amides is 1. The highest BCUT2D eigenvalue weighted by Gasteiger charge is 2.15. The van der Waals surface area contributed by atoms with Gasteiger partial charge in [-0.25, -0.2) is 4.98 Å². The second-order valence-electron chi connectivity index (χ2n) is 8.37. The highest BCUT2D eigenvalue weighted by Crippen LogP contribution is 2.36. The van der Waals surface area contributed by atoms with E-state index in [1.807, 2.05) is 51.4 Å². The molecule has 4 N–H and O–H groups in total. The van der Waals surface area contributed by atoms with Crippen LogP contribution in [-0.2, 0) is 4.79 Å². The van der Waals surface area contributed by atoms with E-state index < -0.39 is 0 Å². The Hall–Kier alpha value is -4.11. The SMILES string of the molecule is C=CC(=O)Nc1cc(Nc2nccc(Nc3ccc(C)cc3)n2)c(OC)cc1NCC(C)N(C)C. The zero-order valence-electron chi connectivity index (χ0n) is 20.8. The molecule has 0 bridgehead atoms. The largest absolute Gasteiger partial charge is 0.494 e. The van der Waals surface area contributed by atoms with Crippen molar-refractivity contribution in [3.63, 3.8) is 0 Å². The molecular weight excluding hydrogens is 442 g/mol. The Balaban J connectivity index is 1.87. The number of likely N-dealkylation sites (N-methyl/N-ethyl adjacent to an activating group) is 1. The Bertz CT molecular complexity index is 1160. The molecule has 0 saturated heterocycles. The van der Waals surface area contributed by atoms with Crippen molar-refractivity contribution in [1.82, 2.24) is 14.9 Å². The van der Waals surface area contributed by atoms with Gasteiger partial charge >= 0.3 is 0 Å². The van der Waals surface area contributed by atoms with Gasteiger partial charge in [-0.2, -0.15) is 4.98 Å². The summed E-state index contributed by atoms with van der Waals surface area (Å²) in [5.74, 6) is 1.28. The maximum atomic E-state index is 12.1. The van der Waals surface area contributed by atoms with Crippen LogP contribution in [0.15, 0.2) is 61.3 Å². The molecule has 3 rings (SSSR count). The van der Waals surface area contributed by atoms with Crippen LogP contribution in [0.4, 0.5) is 34.5 Å². The van der Waals surface area contributed by atoms with E-state index in [0.29, 0.717) is 35.4 Å². The molecule has 0 aliphatic carbocycles. The van der Waals surface area contributed by atoms with E-state index in [4.69, 9.17) is 4.74 Å². The summed E-state index contributed by atoms with van der Waals surface area (Å²) in [6.45, 7) is 8.38. The molecule has 9 heteroatoms. The summed E-state index contributed by atoms with van der Waals surface area (Å²) in [6.07, 6.45) is 2.89. The monoisotopic (exact) mass is 475 g/mol. The standard InChI is InChI=1S/C26H33N7O2/c1-7-25(34)30-21-14-22(23(35-6)15-20(21)28-16-18(3)33(4)5)31-26-27-13-12-24(32-26)29-19-10-8-17(2)9-11-19/h7-15,18,28H,1,16H2,2-6H3,(H,30,34)(H2,27,29,31,32). The van der Waals surface area contributed by atoms with E-state index in [2.05, 4.69) is 49.6 Å². The number of nitrogens with zero attached hydrogens (tertiary/aromatic N) is 3. The van der Waals surface area contributed by atoms with Crippen molar-refractivity contribution < 1.29 is 9.53 Å². The molecule has 0 radical (unpaired) electrons. The molecule has 0 saturated carbocycles. The van der Waals surface area contributed by atoms with Crippen molar-refractivity contribution in [2.24, 2.45) is 0 Å². The van der Waals surface area contributed by atoms with Crippen molar-refractivity contribution in [3.8, 4) is 5.75 Å². The van der Waals surface area contributed by atoms with Crippen LogP contribution >= 0.6 is 0 Å². The second-order valence-corrected chi connectivity index (χ2v) is 8.37. The molecule has 9 nitrogen and oxygen atoms in total. The number of nitrogens with one attached hydrogen (secondary N) is 4. The lowest BCUT2D eigenvalue weighted by molar-refractivity contribution is -0.111. The summed E-state index contributed by atoms with van der Waals surface area (Å²) in [5.41, 5.74) is 4.02. The van der Waals surface area contributed by atoms with Gasteiger partial charge in [-0.3, -0.25) is 4.79 Å². The lowest BCUT2D eigenvalue weighted by atomic mass is 10.2. The zero-order chi connectivity index (χ0) is 25.4. The quantitative estimate of drug-likeness (QED) is 0.294. The maximum Gasteiger partial charge on any atom is 0.247 e. The summed E-state index contributed by atoms with van der Waals surface area (Å²) < 4.78 is 5.62. The summed E-state index contributed by atoms with van der Waals surface area (Å²) >= 11 is 0. The number of hydrogen-bond donors (Lipinski definition) is 4. The molecule has 0 aliphatic rings. The van der Waals surface area contributed by atoms with Crippen LogP contribution in [0.1, 0.15) is 12.5 Å². The molecule has 1 heterocycles. The summed E-state index contributed by atoms with van der Waals surface area (Å²) in [4.78, 5) is 23.1. The van der Waals surface area contributed by atoms with E-state index >= 15 is 0 Å². The number of methoxy groups -OCH3 is 1. The molecule has 0 fully saturated rings. The topological polar surface area (TPSA) is 103 Å². The van der Waals surface area contributed by atoms with Gasteiger partial charge in [0, 0.05) is 30.5 Å². The lowest BCUT2D eigenvalue weighted by Gasteiger charge is -2.23. The number of anilines is 6. The van der Waals surface area contributed by atoms with E-state index in [1.165, 1.54) is 11.6 Å². The highest BCUT2D eigenvalue weighted by atomic mass is 16.5. The van der Waals surface area contributed by atoms with E-state index in [1.54, 1.807) is 25.4 Å². The number of carbonyl (C=O) groups excluding carboxylic acids is 1. The Morgan fingerprint density at radius 1 is 1.11 bits per heavy atom. The van der Waals surface area contributed by atoms with Gasteiger partial charge in [-0.05, 0) is 58.3 Å². The molecule has 0 spiro atoms. The normalized spacial score (nSPS) is 11.5. The molecule has 1 atom stereocenters. The molecule has 1 amide bonds. The minimum Gasteiger partial charge on any atom is -0.494 e. The number of benzene rings is 2. The molecule has 0 aliphatic heterocycles. The number of ether oxygens (including phenoxy) is 1. The second kappa shape index (κ2) is 11.8. The minimum atomic E-state index is -0.314. The number of rotatable bonds is 11. The molecule has 1 aromatic heterocycles. The van der Waals surface area contributed by atoms with Crippen LogP contribution in [-0.4, -0.2) is 54.6 Å². The van der Waals surface area contributed by atoms with Crippen molar-refractivity contribution >= 4 is 40.4 Å². The van der Waals surface area contributed by atoms with E-state index in [9.17, 15) is 4.79 Å². The predicted molar refractivity (Wildman–Crippen MR) is 143 cm³/mol. The average Bonchev–Trinajstić information content (AvgIpc) is 2.84. The first kappa shape index (κ1) is 25.5. The Morgan fingerprint density at radius 3 is 2.51 bits per heavy atom. The predicted octanol–water partition coefficient (Wildman–Crippen LogP) is 4.77. The lowest BCUT2D eigenvalue weighted by Crippen LogP contribution is -2.31. The Morgan fingerprint density at radius 2 is 1.86 bits per heavy atom. The van der Waals surface area contributed by atoms with E-state index in [-0.39, 0.29) is 11.9 Å². The zero-order valence-corrected chi connectivity index (χ0v) is 20.8. The minimum absolute atomic E-state index is 0.277. The number of hydrogen-bond acceptors (Lipinski definition) is 8. The number of aryl methyl sites for hydroxylation is 1. The molecule has 35 heavy (non-hydrogen) atoms. The fraction of sp³-hybridized carbons (Fsp3) is 0.269. The fourth-order valence-corrected chi connectivity index (χ4v) is 3.11. The van der Waals surface area contributed by atoms with Gasteiger partial charge in [0.1, 0.15) is 11.6 Å². The van der Waals surface area contributed by atoms with Crippen LogP contribution in [0, 0.1) is 6.92 Å². The first-order valence-electron chi connectivity index (χ1n) is 11.3. The first-order valence-corrected chi connectivity index (χ1v) is 11.3. The molecule has 3 aromatic rings. The first-order chi connectivity index (χ1) is 16.8. The average molecular weight is 476 g/mol. The van der Waals surface area contributed by atoms with E-state index in [0.717, 1.165) is 11.4 Å². The van der Waals surface area contributed by atoms with Crippen molar-refractivity contribution in [3.05, 3.63) is 66.9 Å². The van der Waals surface area contributed by atoms with Gasteiger partial charge in [0.15, 0.2) is 0 Å². The summed E-state index contributed by atoms with van der Waals surface area (Å²) in [6, 6.07) is 13.7. The van der Waals surface area contributed by atoms with Crippen molar-refractivity contribution in [2.45, 2.75) is 19.9 Å². The van der Waals surface area contributed by atoms with Crippen LogP contribution in [0.25, 0.3) is 0 Å². The Kier molecular flexibility index (Phi) is 8.63. The highest BCUT2D eigenvalue weighted by molar-refractivity contribution is 6.02. The fourth-order valence-electron chi connectivity index (χ4n) is 3.11. The Labute approximate surface area is 206 Å². The smallest absolute Gasteiger partial charge is 0.247 e. The molecule has 184 valence electrons. The summed E-state index contributed by atoms with van der Waals surface area (Å²) in [5, 5.41) is 12.7. The van der Waals surface area contributed by atoms with Crippen LogP contribution in [0.2, 0.25) is 0 Å². The van der Waals surface area contributed by atoms with Gasteiger partial charge in [0.2, 0.25) is 11.9 Å². The molecule has 1 unspecified atom stereocenters. The van der Waals surface area contributed by atoms with Gasteiger partial charge in [0.25, 0.3) is 0 Å². The molecular formula is C26H33N7O2.